The molecule has 0 heterocycles. The summed E-state index contributed by atoms with van der Waals surface area (Å²) in [7, 11) is 3.04. The SMILES string of the molecule is COCCNC(C)(C(=O)OC)c1cc(C)ccc1C. The molecule has 1 unspecified atom stereocenters. The molecular weight excluding hydrogens is 242 g/mol. The van der Waals surface area contributed by atoms with Gasteiger partial charge in [0, 0.05) is 13.7 Å². The smallest absolute Gasteiger partial charge is 0.330 e. The summed E-state index contributed by atoms with van der Waals surface area (Å²) in [5, 5.41) is 3.23. The van der Waals surface area contributed by atoms with Gasteiger partial charge in [0.15, 0.2) is 0 Å². The summed E-state index contributed by atoms with van der Waals surface area (Å²) in [4.78, 5) is 12.2. The van der Waals surface area contributed by atoms with E-state index in [4.69, 9.17) is 9.47 Å². The third-order valence-electron chi connectivity index (χ3n) is 3.31. The van der Waals surface area contributed by atoms with Crippen molar-refractivity contribution in [1.29, 1.82) is 0 Å². The summed E-state index contributed by atoms with van der Waals surface area (Å²) in [6.07, 6.45) is 0. The third-order valence-corrected chi connectivity index (χ3v) is 3.31. The summed E-state index contributed by atoms with van der Waals surface area (Å²) < 4.78 is 9.98. The molecule has 4 nitrogen and oxygen atoms in total. The van der Waals surface area contributed by atoms with Gasteiger partial charge in [-0.15, -0.1) is 0 Å². The van der Waals surface area contributed by atoms with Crippen molar-refractivity contribution in [3.8, 4) is 0 Å². The molecule has 1 aromatic rings. The van der Waals surface area contributed by atoms with E-state index in [-0.39, 0.29) is 5.97 Å². The highest BCUT2D eigenvalue weighted by Crippen LogP contribution is 2.26. The van der Waals surface area contributed by atoms with Gasteiger partial charge >= 0.3 is 5.97 Å². The summed E-state index contributed by atoms with van der Waals surface area (Å²) in [6.45, 7) is 6.97. The fraction of sp³-hybridized carbons (Fsp3) is 0.533. The van der Waals surface area contributed by atoms with Crippen molar-refractivity contribution < 1.29 is 14.3 Å². The molecule has 0 aliphatic heterocycles. The Morgan fingerprint density at radius 3 is 2.58 bits per heavy atom. The number of hydrogen-bond acceptors (Lipinski definition) is 4. The lowest BCUT2D eigenvalue weighted by Gasteiger charge is -2.30. The second-order valence-electron chi connectivity index (χ2n) is 4.85. The molecule has 106 valence electrons. The molecule has 1 rings (SSSR count). The van der Waals surface area contributed by atoms with E-state index >= 15 is 0 Å². The van der Waals surface area contributed by atoms with Crippen molar-refractivity contribution in [3.05, 3.63) is 34.9 Å². The Bertz CT molecular complexity index is 445. The van der Waals surface area contributed by atoms with Crippen molar-refractivity contribution in [1.82, 2.24) is 5.32 Å². The van der Waals surface area contributed by atoms with Crippen LogP contribution in [0, 0.1) is 13.8 Å². The van der Waals surface area contributed by atoms with E-state index in [2.05, 4.69) is 5.32 Å². The van der Waals surface area contributed by atoms with E-state index in [0.29, 0.717) is 13.2 Å². The number of rotatable bonds is 6. The monoisotopic (exact) mass is 265 g/mol. The summed E-state index contributed by atoms with van der Waals surface area (Å²) in [6, 6.07) is 6.07. The average molecular weight is 265 g/mol. The van der Waals surface area contributed by atoms with Crippen molar-refractivity contribution in [3.63, 3.8) is 0 Å². The minimum absolute atomic E-state index is 0.294. The average Bonchev–Trinajstić information content (AvgIpc) is 2.40. The van der Waals surface area contributed by atoms with Crippen LogP contribution in [0.15, 0.2) is 18.2 Å². The molecule has 1 N–H and O–H groups in total. The van der Waals surface area contributed by atoms with Gasteiger partial charge in [0.05, 0.1) is 13.7 Å². The normalized spacial score (nSPS) is 13.9. The van der Waals surface area contributed by atoms with Crippen LogP contribution in [0.5, 0.6) is 0 Å². The van der Waals surface area contributed by atoms with Crippen LogP contribution in [0.2, 0.25) is 0 Å². The van der Waals surface area contributed by atoms with Crippen LogP contribution in [-0.4, -0.2) is 33.3 Å². The first-order valence-electron chi connectivity index (χ1n) is 6.36. The Morgan fingerprint density at radius 2 is 2.00 bits per heavy atom. The van der Waals surface area contributed by atoms with E-state index < -0.39 is 5.54 Å². The lowest BCUT2D eigenvalue weighted by Crippen LogP contribution is -2.49. The van der Waals surface area contributed by atoms with Crippen molar-refractivity contribution in [2.45, 2.75) is 26.3 Å². The van der Waals surface area contributed by atoms with Crippen LogP contribution >= 0.6 is 0 Å². The van der Waals surface area contributed by atoms with Gasteiger partial charge in [-0.2, -0.15) is 0 Å². The summed E-state index contributed by atoms with van der Waals surface area (Å²) in [5.41, 5.74) is 2.26. The number of benzene rings is 1. The van der Waals surface area contributed by atoms with E-state index in [1.807, 2.05) is 39.0 Å². The predicted molar refractivity (Wildman–Crippen MR) is 75.2 cm³/mol. The number of nitrogens with one attached hydrogen (secondary N) is 1. The number of methoxy groups -OCH3 is 2. The maximum absolute atomic E-state index is 12.2. The molecule has 0 aliphatic rings. The fourth-order valence-corrected chi connectivity index (χ4v) is 2.16. The second kappa shape index (κ2) is 6.68. The van der Waals surface area contributed by atoms with Crippen LogP contribution < -0.4 is 5.32 Å². The highest BCUT2D eigenvalue weighted by molar-refractivity contribution is 5.82. The van der Waals surface area contributed by atoms with E-state index in [1.165, 1.54) is 7.11 Å². The van der Waals surface area contributed by atoms with Gasteiger partial charge < -0.3 is 9.47 Å². The largest absolute Gasteiger partial charge is 0.467 e. The second-order valence-corrected chi connectivity index (χ2v) is 4.85. The highest BCUT2D eigenvalue weighted by atomic mass is 16.5. The van der Waals surface area contributed by atoms with Gasteiger partial charge in [-0.05, 0) is 31.9 Å². The zero-order valence-electron chi connectivity index (χ0n) is 12.4. The summed E-state index contributed by atoms with van der Waals surface area (Å²) >= 11 is 0. The van der Waals surface area contributed by atoms with Crippen LogP contribution in [0.25, 0.3) is 0 Å². The molecule has 1 aromatic carbocycles. The Balaban J connectivity index is 3.14. The lowest BCUT2D eigenvalue weighted by atomic mass is 9.87. The van der Waals surface area contributed by atoms with Gasteiger partial charge in [-0.1, -0.05) is 23.8 Å². The number of carbonyl (C=O) groups excluding carboxylic acids is 1. The van der Waals surface area contributed by atoms with Crippen LogP contribution in [0.4, 0.5) is 0 Å². The third kappa shape index (κ3) is 3.55. The zero-order chi connectivity index (χ0) is 14.5. The Labute approximate surface area is 115 Å². The molecule has 0 spiro atoms. The minimum atomic E-state index is -0.858. The molecule has 0 amide bonds. The number of esters is 1. The summed E-state index contributed by atoms with van der Waals surface area (Å²) in [5.74, 6) is -0.294. The van der Waals surface area contributed by atoms with E-state index in [1.54, 1.807) is 7.11 Å². The van der Waals surface area contributed by atoms with Crippen LogP contribution in [0.3, 0.4) is 0 Å². The molecule has 19 heavy (non-hydrogen) atoms. The number of hydrogen-bond donors (Lipinski definition) is 1. The van der Waals surface area contributed by atoms with E-state index in [9.17, 15) is 4.79 Å². The Kier molecular flexibility index (Phi) is 5.51. The van der Waals surface area contributed by atoms with E-state index in [0.717, 1.165) is 16.7 Å². The lowest BCUT2D eigenvalue weighted by molar-refractivity contribution is -0.148. The maximum atomic E-state index is 12.2. The van der Waals surface area contributed by atoms with Crippen molar-refractivity contribution in [2.24, 2.45) is 0 Å². The van der Waals surface area contributed by atoms with Crippen molar-refractivity contribution >= 4 is 5.97 Å². The molecule has 1 atom stereocenters. The van der Waals surface area contributed by atoms with Crippen LogP contribution in [0.1, 0.15) is 23.6 Å². The quantitative estimate of drug-likeness (QED) is 0.630. The molecule has 0 aliphatic carbocycles. The standard InChI is InChI=1S/C15H23NO3/c1-11-6-7-12(2)13(10-11)15(3,14(17)19-5)16-8-9-18-4/h6-7,10,16H,8-9H2,1-5H3. The number of ether oxygens (including phenoxy) is 2. The maximum Gasteiger partial charge on any atom is 0.330 e. The molecule has 0 fully saturated rings. The first-order valence-corrected chi connectivity index (χ1v) is 6.36. The topological polar surface area (TPSA) is 47.6 Å². The molecular formula is C15H23NO3. The molecule has 0 saturated carbocycles. The molecule has 0 bridgehead atoms. The van der Waals surface area contributed by atoms with Gasteiger partial charge in [-0.25, -0.2) is 4.79 Å². The minimum Gasteiger partial charge on any atom is -0.467 e. The predicted octanol–water partition coefficient (Wildman–Crippen LogP) is 1.93. The first kappa shape index (κ1) is 15.7. The van der Waals surface area contributed by atoms with Gasteiger partial charge in [0.1, 0.15) is 5.54 Å². The number of aryl methyl sites for hydroxylation is 2. The van der Waals surface area contributed by atoms with Crippen molar-refractivity contribution in [2.75, 3.05) is 27.4 Å². The molecule has 0 aromatic heterocycles. The van der Waals surface area contributed by atoms with Crippen LogP contribution in [-0.2, 0) is 19.8 Å². The Morgan fingerprint density at radius 1 is 1.32 bits per heavy atom. The molecule has 0 saturated heterocycles. The fourth-order valence-electron chi connectivity index (χ4n) is 2.16. The zero-order valence-corrected chi connectivity index (χ0v) is 12.4. The van der Waals surface area contributed by atoms with Gasteiger partial charge in [-0.3, -0.25) is 5.32 Å². The molecule has 0 radical (unpaired) electrons. The molecule has 4 heteroatoms. The highest BCUT2D eigenvalue weighted by Gasteiger charge is 2.37. The number of carbonyl (C=O) groups is 1. The first-order chi connectivity index (χ1) is 8.95. The Hall–Kier alpha value is -1.39. The van der Waals surface area contributed by atoms with Gasteiger partial charge in [0.2, 0.25) is 0 Å². The van der Waals surface area contributed by atoms with Gasteiger partial charge in [0.25, 0.3) is 0 Å².